The number of ether oxygens (including phenoxy) is 1. The lowest BCUT2D eigenvalue weighted by atomic mass is 10.1. The molecule has 0 saturated heterocycles. The predicted molar refractivity (Wildman–Crippen MR) is 99.4 cm³/mol. The van der Waals surface area contributed by atoms with Crippen LogP contribution in [0.15, 0.2) is 78.9 Å². The summed E-state index contributed by atoms with van der Waals surface area (Å²) in [5.74, 6) is 1.12. The van der Waals surface area contributed by atoms with Gasteiger partial charge in [0.25, 0.3) is 0 Å². The Morgan fingerprint density at radius 2 is 1.36 bits per heavy atom. The molecule has 0 saturated carbocycles. The van der Waals surface area contributed by atoms with Gasteiger partial charge in [0.15, 0.2) is 0 Å². The van der Waals surface area contributed by atoms with Gasteiger partial charge >= 0.3 is 0 Å². The van der Waals surface area contributed by atoms with E-state index in [0.717, 1.165) is 31.7 Å². The molecular formula is C22H22FNO. The van der Waals surface area contributed by atoms with Crippen molar-refractivity contribution >= 4 is 0 Å². The molecule has 0 unspecified atom stereocenters. The first-order valence-electron chi connectivity index (χ1n) is 8.56. The molecule has 0 atom stereocenters. The quantitative estimate of drug-likeness (QED) is 0.561. The first-order chi connectivity index (χ1) is 12.3. The molecule has 0 bridgehead atoms. The summed E-state index contributed by atoms with van der Waals surface area (Å²) < 4.78 is 18.6. The zero-order chi connectivity index (χ0) is 17.3. The van der Waals surface area contributed by atoms with Crippen LogP contribution in [0.1, 0.15) is 17.5 Å². The van der Waals surface area contributed by atoms with Gasteiger partial charge in [-0.1, -0.05) is 42.5 Å². The molecule has 0 heterocycles. The molecule has 0 spiro atoms. The lowest BCUT2D eigenvalue weighted by Gasteiger charge is -2.08. The number of halogens is 1. The van der Waals surface area contributed by atoms with Crippen LogP contribution in [0.3, 0.4) is 0 Å². The van der Waals surface area contributed by atoms with Gasteiger partial charge in [0.2, 0.25) is 0 Å². The largest absolute Gasteiger partial charge is 0.457 e. The Morgan fingerprint density at radius 1 is 0.720 bits per heavy atom. The first kappa shape index (κ1) is 17.2. The zero-order valence-electron chi connectivity index (χ0n) is 14.1. The summed E-state index contributed by atoms with van der Waals surface area (Å²) in [7, 11) is 0. The standard InChI is InChI=1S/C22H22FNO/c23-20-10-14-22(15-11-20)25-21-12-8-19(9-13-21)17-24-16-4-7-18-5-2-1-3-6-18/h1-3,5-6,8-15,24H,4,7,16-17H2. The molecule has 3 rings (SSSR count). The van der Waals surface area contributed by atoms with Crippen LogP contribution < -0.4 is 10.1 Å². The van der Waals surface area contributed by atoms with Crippen LogP contribution in [0.2, 0.25) is 0 Å². The van der Waals surface area contributed by atoms with Crippen LogP contribution in [0.4, 0.5) is 4.39 Å². The summed E-state index contributed by atoms with van der Waals surface area (Å²) >= 11 is 0. The molecule has 2 nitrogen and oxygen atoms in total. The van der Waals surface area contributed by atoms with Crippen LogP contribution in [0.25, 0.3) is 0 Å². The average Bonchev–Trinajstić information content (AvgIpc) is 2.65. The molecule has 1 N–H and O–H groups in total. The maximum atomic E-state index is 12.9. The smallest absolute Gasteiger partial charge is 0.127 e. The highest BCUT2D eigenvalue weighted by Crippen LogP contribution is 2.21. The van der Waals surface area contributed by atoms with Crippen LogP contribution >= 0.6 is 0 Å². The summed E-state index contributed by atoms with van der Waals surface area (Å²) in [6.45, 7) is 1.83. The molecule has 0 amide bonds. The minimum absolute atomic E-state index is 0.263. The van der Waals surface area contributed by atoms with E-state index >= 15 is 0 Å². The maximum absolute atomic E-state index is 12.9. The van der Waals surface area contributed by atoms with Crippen molar-refractivity contribution in [2.45, 2.75) is 19.4 Å². The molecule has 0 aromatic heterocycles. The molecule has 0 aliphatic carbocycles. The molecule has 3 aromatic carbocycles. The van der Waals surface area contributed by atoms with Gasteiger partial charge in [0.05, 0.1) is 0 Å². The second kappa shape index (κ2) is 9.00. The van der Waals surface area contributed by atoms with Crippen molar-refractivity contribution in [3.05, 3.63) is 95.8 Å². The highest BCUT2D eigenvalue weighted by molar-refractivity contribution is 5.33. The predicted octanol–water partition coefficient (Wildman–Crippen LogP) is 5.34. The fourth-order valence-electron chi connectivity index (χ4n) is 2.61. The zero-order valence-corrected chi connectivity index (χ0v) is 14.1. The van der Waals surface area contributed by atoms with E-state index in [4.69, 9.17) is 4.74 Å². The van der Waals surface area contributed by atoms with Crippen molar-refractivity contribution in [1.29, 1.82) is 0 Å². The summed E-state index contributed by atoms with van der Waals surface area (Å²) in [6.07, 6.45) is 2.22. The fraction of sp³-hybridized carbons (Fsp3) is 0.182. The average molecular weight is 335 g/mol. The van der Waals surface area contributed by atoms with Crippen molar-refractivity contribution in [2.75, 3.05) is 6.54 Å². The summed E-state index contributed by atoms with van der Waals surface area (Å²) in [4.78, 5) is 0. The van der Waals surface area contributed by atoms with E-state index in [1.807, 2.05) is 30.3 Å². The van der Waals surface area contributed by atoms with E-state index in [9.17, 15) is 4.39 Å². The number of benzene rings is 3. The number of rotatable bonds is 8. The molecule has 3 aromatic rings. The van der Waals surface area contributed by atoms with Crippen molar-refractivity contribution < 1.29 is 9.13 Å². The van der Waals surface area contributed by atoms with E-state index in [-0.39, 0.29) is 5.82 Å². The van der Waals surface area contributed by atoms with Gasteiger partial charge < -0.3 is 10.1 Å². The Kier molecular flexibility index (Phi) is 6.18. The van der Waals surface area contributed by atoms with E-state index in [2.05, 4.69) is 29.6 Å². The van der Waals surface area contributed by atoms with E-state index < -0.39 is 0 Å². The number of hydrogen-bond donors (Lipinski definition) is 1. The molecule has 0 fully saturated rings. The SMILES string of the molecule is Fc1ccc(Oc2ccc(CNCCCc3ccccc3)cc2)cc1. The minimum Gasteiger partial charge on any atom is -0.457 e. The summed E-state index contributed by atoms with van der Waals surface area (Å²) in [5, 5.41) is 3.46. The maximum Gasteiger partial charge on any atom is 0.127 e. The van der Waals surface area contributed by atoms with E-state index in [0.29, 0.717) is 5.75 Å². The Labute approximate surface area is 148 Å². The van der Waals surface area contributed by atoms with Crippen molar-refractivity contribution in [2.24, 2.45) is 0 Å². The Bertz CT molecular complexity index is 754. The van der Waals surface area contributed by atoms with E-state index in [1.54, 1.807) is 12.1 Å². The van der Waals surface area contributed by atoms with Gasteiger partial charge in [-0.25, -0.2) is 4.39 Å². The Hall–Kier alpha value is -2.65. The van der Waals surface area contributed by atoms with Crippen LogP contribution in [-0.4, -0.2) is 6.54 Å². The van der Waals surface area contributed by atoms with Crippen LogP contribution in [0.5, 0.6) is 11.5 Å². The third-order valence-corrected chi connectivity index (χ3v) is 3.96. The monoisotopic (exact) mass is 335 g/mol. The first-order valence-corrected chi connectivity index (χ1v) is 8.56. The lowest BCUT2D eigenvalue weighted by molar-refractivity contribution is 0.480. The highest BCUT2D eigenvalue weighted by Gasteiger charge is 1.99. The third-order valence-electron chi connectivity index (χ3n) is 3.96. The molecule has 25 heavy (non-hydrogen) atoms. The molecule has 0 aliphatic rings. The number of hydrogen-bond acceptors (Lipinski definition) is 2. The minimum atomic E-state index is -0.263. The summed E-state index contributed by atoms with van der Waals surface area (Å²) in [6, 6.07) is 24.5. The molecule has 128 valence electrons. The summed E-state index contributed by atoms with van der Waals surface area (Å²) in [5.41, 5.74) is 2.60. The normalized spacial score (nSPS) is 10.6. The van der Waals surface area contributed by atoms with Gasteiger partial charge in [-0.05, 0) is 66.9 Å². The van der Waals surface area contributed by atoms with Gasteiger partial charge in [-0.3, -0.25) is 0 Å². The van der Waals surface area contributed by atoms with Gasteiger partial charge in [-0.15, -0.1) is 0 Å². The Morgan fingerprint density at radius 3 is 2.04 bits per heavy atom. The van der Waals surface area contributed by atoms with Crippen molar-refractivity contribution in [3.63, 3.8) is 0 Å². The van der Waals surface area contributed by atoms with Crippen molar-refractivity contribution in [1.82, 2.24) is 5.32 Å². The molecule has 0 radical (unpaired) electrons. The molecular weight excluding hydrogens is 313 g/mol. The topological polar surface area (TPSA) is 21.3 Å². The second-order valence-corrected chi connectivity index (χ2v) is 5.97. The van der Waals surface area contributed by atoms with Crippen LogP contribution in [0, 0.1) is 5.82 Å². The fourth-order valence-corrected chi connectivity index (χ4v) is 2.61. The molecule has 0 aliphatic heterocycles. The third kappa shape index (κ3) is 5.73. The second-order valence-electron chi connectivity index (χ2n) is 5.97. The van der Waals surface area contributed by atoms with Gasteiger partial charge in [0.1, 0.15) is 17.3 Å². The number of nitrogens with one attached hydrogen (secondary N) is 1. The van der Waals surface area contributed by atoms with Crippen LogP contribution in [-0.2, 0) is 13.0 Å². The molecule has 3 heteroatoms. The lowest BCUT2D eigenvalue weighted by Crippen LogP contribution is -2.15. The Balaban J connectivity index is 1.39. The highest BCUT2D eigenvalue weighted by atomic mass is 19.1. The number of aryl methyl sites for hydroxylation is 1. The van der Waals surface area contributed by atoms with Crippen molar-refractivity contribution in [3.8, 4) is 11.5 Å². The van der Waals surface area contributed by atoms with E-state index in [1.165, 1.54) is 23.3 Å². The van der Waals surface area contributed by atoms with Gasteiger partial charge in [0, 0.05) is 6.54 Å². The van der Waals surface area contributed by atoms with Gasteiger partial charge in [-0.2, -0.15) is 0 Å².